The van der Waals surface area contributed by atoms with Gasteiger partial charge in [-0.15, -0.1) is 0 Å². The third-order valence-corrected chi connectivity index (χ3v) is 9.52. The van der Waals surface area contributed by atoms with Crippen molar-refractivity contribution in [3.05, 3.63) is 41.5 Å². The van der Waals surface area contributed by atoms with Crippen LogP contribution in [0.2, 0.25) is 6.55 Å². The molecule has 2 aromatic carbocycles. The molecule has 3 nitrogen and oxygen atoms in total. The van der Waals surface area contributed by atoms with Crippen LogP contribution in [0.25, 0.3) is 11.1 Å². The molecule has 1 aliphatic heterocycles. The van der Waals surface area contributed by atoms with Gasteiger partial charge in [0.1, 0.15) is 0 Å². The summed E-state index contributed by atoms with van der Waals surface area (Å²) in [5.74, 6) is 0. The second-order valence-electron chi connectivity index (χ2n) is 8.14. The Morgan fingerprint density at radius 3 is 2.44 bits per heavy atom. The molecular weight excluding hydrogens is 433 g/mol. The van der Waals surface area contributed by atoms with Gasteiger partial charge in [-0.2, -0.15) is 0 Å². The topological polar surface area (TPSA) is 41.5 Å². The molecule has 4 rings (SSSR count). The fourth-order valence-corrected chi connectivity index (χ4v) is 8.97. The molecule has 1 aliphatic carbocycles. The summed E-state index contributed by atoms with van der Waals surface area (Å²) in [5, 5.41) is 15.8. The third-order valence-electron chi connectivity index (χ3n) is 5.10. The molecule has 0 radical (unpaired) electrons. The van der Waals surface area contributed by atoms with E-state index in [2.05, 4.69) is 83.4 Å². The van der Waals surface area contributed by atoms with E-state index >= 15 is 0 Å². The van der Waals surface area contributed by atoms with Crippen LogP contribution >= 0.6 is 0 Å². The summed E-state index contributed by atoms with van der Waals surface area (Å²) in [5.41, 5.74) is 6.81. The summed E-state index contributed by atoms with van der Waals surface area (Å²) < 4.78 is 6.65. The fraction of sp³-hybridized carbons (Fsp3) is 0.400. The molecule has 2 N–H and O–H groups in total. The van der Waals surface area contributed by atoms with Gasteiger partial charge < -0.3 is 24.8 Å². The predicted octanol–water partition coefficient (Wildman–Crippen LogP) is -3.47. The quantitative estimate of drug-likeness (QED) is 0.470. The van der Waals surface area contributed by atoms with E-state index in [0.717, 1.165) is 0 Å². The number of benzene rings is 2. The van der Waals surface area contributed by atoms with Crippen LogP contribution in [0.4, 0.5) is 5.69 Å². The van der Waals surface area contributed by atoms with Crippen LogP contribution < -0.4 is 40.5 Å². The van der Waals surface area contributed by atoms with Crippen LogP contribution in [0, 0.1) is 0 Å². The minimum Gasteiger partial charge on any atom is -1.00 e. The molecule has 2 atom stereocenters. The van der Waals surface area contributed by atoms with Crippen LogP contribution in [0.5, 0.6) is 0 Å². The van der Waals surface area contributed by atoms with E-state index in [1.54, 1.807) is 0 Å². The van der Waals surface area contributed by atoms with E-state index in [4.69, 9.17) is 4.43 Å². The molecule has 0 fully saturated rings. The number of hydrogen-bond acceptors (Lipinski definition) is 3. The van der Waals surface area contributed by atoms with Gasteiger partial charge in [0.15, 0.2) is 0 Å². The Labute approximate surface area is 186 Å². The zero-order valence-electron chi connectivity index (χ0n) is 16.0. The number of hydrogen-bond donors (Lipinski definition) is 2. The Morgan fingerprint density at radius 2 is 1.81 bits per heavy atom. The average molecular weight is 457 g/mol. The first kappa shape index (κ1) is 23.0. The molecule has 27 heavy (non-hydrogen) atoms. The molecule has 0 spiro atoms. The SMILES string of the molecule is CC(C)(C)Nc1cc2c(c3c1[Si]3(C)OCCO)[CH]([Ti+2])c1ccccc1-2.[Cl-].[Cl-]. The first-order valence-corrected chi connectivity index (χ1v) is 12.1. The number of halogens is 2. The molecule has 0 saturated heterocycles. The number of fused-ring (bicyclic) bond motifs is 5. The predicted molar refractivity (Wildman–Crippen MR) is 101 cm³/mol. The Hall–Kier alpha value is -0.329. The average Bonchev–Trinajstić information content (AvgIpc) is 3.07. The number of anilines is 1. The molecule has 0 amide bonds. The fourth-order valence-electron chi connectivity index (χ4n) is 4.14. The second kappa shape index (κ2) is 7.83. The van der Waals surface area contributed by atoms with Crippen molar-refractivity contribution in [2.45, 2.75) is 37.1 Å². The van der Waals surface area contributed by atoms with Crippen molar-refractivity contribution in [2.75, 3.05) is 18.5 Å². The summed E-state index contributed by atoms with van der Waals surface area (Å²) in [6.07, 6.45) is 0. The van der Waals surface area contributed by atoms with E-state index in [1.807, 2.05) is 0 Å². The molecule has 7 heteroatoms. The van der Waals surface area contributed by atoms with Crippen molar-refractivity contribution >= 4 is 24.4 Å². The summed E-state index contributed by atoms with van der Waals surface area (Å²) in [6.45, 7) is 9.35. The maximum atomic E-state index is 9.26. The van der Waals surface area contributed by atoms with Crippen molar-refractivity contribution in [2.24, 2.45) is 0 Å². The minimum atomic E-state index is -2.07. The van der Waals surface area contributed by atoms with E-state index in [1.165, 1.54) is 38.3 Å². The first-order chi connectivity index (χ1) is 11.8. The summed E-state index contributed by atoms with van der Waals surface area (Å²) in [6, 6.07) is 11.1. The molecule has 0 aromatic heterocycles. The molecule has 2 unspecified atom stereocenters. The van der Waals surface area contributed by atoms with Crippen molar-refractivity contribution in [3.8, 4) is 11.1 Å². The standard InChI is InChI=1S/C20H24NO2Si.2ClH.Ti/c1-20(2,3)21-17-12-15-14-8-6-5-7-13(14)11-16(15)18-19(17)24(18,4)23-10-9-22;;;/h5-8,11-12,21-22H,9-10H2,1-4H3;2*1H;/q;;;+2/p-2. The van der Waals surface area contributed by atoms with Gasteiger partial charge in [-0.1, -0.05) is 0 Å². The van der Waals surface area contributed by atoms with Crippen molar-refractivity contribution in [1.82, 2.24) is 0 Å². The van der Waals surface area contributed by atoms with Gasteiger partial charge in [-0.25, -0.2) is 0 Å². The molecular formula is C20H24Cl2NO2SiTi. The normalized spacial score (nSPS) is 21.4. The van der Waals surface area contributed by atoms with Gasteiger partial charge in [0.05, 0.1) is 0 Å². The summed E-state index contributed by atoms with van der Waals surface area (Å²) >= 11 is 2.31. The minimum absolute atomic E-state index is 0. The Morgan fingerprint density at radius 1 is 1.15 bits per heavy atom. The molecule has 2 aliphatic rings. The molecule has 2 aromatic rings. The number of nitrogens with one attached hydrogen (secondary N) is 1. The van der Waals surface area contributed by atoms with E-state index in [-0.39, 0.29) is 37.0 Å². The monoisotopic (exact) mass is 456 g/mol. The number of aliphatic hydroxyl groups excluding tert-OH is 1. The smallest absolute Gasteiger partial charge is 1.00 e. The van der Waals surface area contributed by atoms with Crippen LogP contribution in [-0.2, 0) is 24.9 Å². The Kier molecular flexibility index (Phi) is 6.66. The van der Waals surface area contributed by atoms with Gasteiger partial charge in [0.25, 0.3) is 0 Å². The van der Waals surface area contributed by atoms with E-state index < -0.39 is 8.32 Å². The third kappa shape index (κ3) is 3.66. The van der Waals surface area contributed by atoms with Crippen LogP contribution in [0.3, 0.4) is 0 Å². The van der Waals surface area contributed by atoms with Gasteiger partial charge in [0, 0.05) is 0 Å². The zero-order chi connectivity index (χ0) is 18.0. The first-order valence-electron chi connectivity index (χ1n) is 8.83. The molecule has 1 heterocycles. The van der Waals surface area contributed by atoms with Gasteiger partial charge in [-0.05, 0) is 0 Å². The Balaban J connectivity index is 0.00000131. The van der Waals surface area contributed by atoms with Gasteiger partial charge in [0.2, 0.25) is 0 Å². The van der Waals surface area contributed by atoms with Gasteiger partial charge >= 0.3 is 163 Å². The molecule has 0 bridgehead atoms. The van der Waals surface area contributed by atoms with Crippen LogP contribution in [-0.4, -0.2) is 32.2 Å². The summed E-state index contributed by atoms with van der Waals surface area (Å²) in [4.78, 5) is 0. The molecule has 0 saturated carbocycles. The zero-order valence-corrected chi connectivity index (χ0v) is 20.1. The number of aliphatic hydroxyl groups is 1. The molecule has 143 valence electrons. The van der Waals surface area contributed by atoms with Gasteiger partial charge in [-0.3, -0.25) is 0 Å². The maximum absolute atomic E-state index is 9.26. The van der Waals surface area contributed by atoms with Crippen LogP contribution in [0.1, 0.15) is 36.1 Å². The van der Waals surface area contributed by atoms with Crippen molar-refractivity contribution in [1.29, 1.82) is 0 Å². The number of rotatable bonds is 4. The van der Waals surface area contributed by atoms with Crippen LogP contribution in [0.15, 0.2) is 30.3 Å². The summed E-state index contributed by atoms with van der Waals surface area (Å²) in [7, 11) is -2.07. The van der Waals surface area contributed by atoms with E-state index in [9.17, 15) is 5.11 Å². The second-order valence-corrected chi connectivity index (χ2v) is 12.4. The van der Waals surface area contributed by atoms with Crippen molar-refractivity contribution in [3.63, 3.8) is 0 Å². The largest absolute Gasteiger partial charge is 1.00 e. The Bertz CT molecular complexity index is 872. The van der Waals surface area contributed by atoms with Crippen molar-refractivity contribution < 1.29 is 54.8 Å². The van der Waals surface area contributed by atoms with E-state index in [0.29, 0.717) is 10.8 Å². The maximum Gasteiger partial charge on any atom is -1.00 e.